The first-order chi connectivity index (χ1) is 18.6. The quantitative estimate of drug-likeness (QED) is 0.256. The van der Waals surface area contributed by atoms with Crippen molar-refractivity contribution in [3.63, 3.8) is 0 Å². The van der Waals surface area contributed by atoms with Crippen LogP contribution in [0, 0.1) is 6.92 Å². The van der Waals surface area contributed by atoms with Crippen LogP contribution in [0.4, 0.5) is 0 Å². The summed E-state index contributed by atoms with van der Waals surface area (Å²) in [4.78, 5) is 0. The van der Waals surface area contributed by atoms with E-state index in [4.69, 9.17) is 14.0 Å². The molecule has 0 saturated heterocycles. The van der Waals surface area contributed by atoms with Gasteiger partial charge in [-0.05, 0) is 58.3 Å². The van der Waals surface area contributed by atoms with E-state index in [1.165, 1.54) is 0 Å². The van der Waals surface area contributed by atoms with Gasteiger partial charge in [-0.1, -0.05) is 63.9 Å². The first-order valence-corrected chi connectivity index (χ1v) is 11.2. The first-order valence-electron chi connectivity index (χ1n) is 14.7. The number of aryl methyl sites for hydroxylation is 2. The zero-order valence-electron chi connectivity index (χ0n) is 26.2. The molecule has 0 aliphatic heterocycles. The molecule has 1 aliphatic carbocycles. The van der Waals surface area contributed by atoms with Crippen LogP contribution in [-0.2, 0) is 12.5 Å². The molecule has 0 amide bonds. The third-order valence-electron chi connectivity index (χ3n) is 7.00. The summed E-state index contributed by atoms with van der Waals surface area (Å²) in [7, 11) is 1.95. The highest BCUT2D eigenvalue weighted by molar-refractivity contribution is 6.11. The molecule has 33 heavy (non-hydrogen) atoms. The smallest absolute Gasteiger partial charge is 0.216 e. The Morgan fingerprint density at radius 2 is 1.76 bits per heavy atom. The molecule has 2 aromatic heterocycles. The molecule has 5 aromatic rings. The molecule has 3 aromatic carbocycles. The van der Waals surface area contributed by atoms with Gasteiger partial charge in [0.2, 0.25) is 5.69 Å². The highest BCUT2D eigenvalue weighted by Crippen LogP contribution is 2.51. The van der Waals surface area contributed by atoms with Crippen molar-refractivity contribution in [2.45, 2.75) is 45.8 Å². The van der Waals surface area contributed by atoms with Gasteiger partial charge in [0.15, 0.2) is 6.20 Å². The number of furan rings is 1. The van der Waals surface area contributed by atoms with E-state index in [9.17, 15) is 0 Å². The summed E-state index contributed by atoms with van der Waals surface area (Å²) in [6.45, 7) is 0.0487. The molecule has 0 unspecified atom stereocenters. The van der Waals surface area contributed by atoms with Crippen LogP contribution in [-0.4, -0.2) is 0 Å². The molecule has 0 fully saturated rings. The molecule has 0 saturated carbocycles. The van der Waals surface area contributed by atoms with Gasteiger partial charge in [-0.2, -0.15) is 0 Å². The standard InChI is InChI=1S/C31H30NO/c1-18(2)20-13-14-32(6)27(15-20)29-19(3)11-12-22-24-16-26-23(17-28(24)33-30(22)29)21-9-7-8-10-25(21)31(26,4)5/h7-18H,1-6H3/q+1/i4D3,5D3,18D. The minimum Gasteiger partial charge on any atom is -0.455 e. The molecule has 6 rings (SSSR count). The lowest BCUT2D eigenvalue weighted by molar-refractivity contribution is -0.660. The number of rotatable bonds is 2. The summed E-state index contributed by atoms with van der Waals surface area (Å²) in [5.74, 6) is -0.791. The Morgan fingerprint density at radius 1 is 0.939 bits per heavy atom. The Labute approximate surface area is 205 Å². The van der Waals surface area contributed by atoms with E-state index < -0.39 is 25.0 Å². The number of benzene rings is 3. The number of nitrogens with zero attached hydrogens (tertiary/aromatic N) is 1. The van der Waals surface area contributed by atoms with Crippen molar-refractivity contribution in [1.29, 1.82) is 0 Å². The summed E-state index contributed by atoms with van der Waals surface area (Å²) < 4.78 is 68.3. The largest absolute Gasteiger partial charge is 0.455 e. The molecule has 0 N–H and O–H groups in total. The summed E-state index contributed by atoms with van der Waals surface area (Å²) in [5.41, 5.74) is 4.36. The van der Waals surface area contributed by atoms with Crippen LogP contribution in [0.1, 0.15) is 65.3 Å². The number of hydrogen-bond donors (Lipinski definition) is 0. The van der Waals surface area contributed by atoms with E-state index >= 15 is 0 Å². The Hall–Kier alpha value is -3.39. The predicted molar refractivity (Wildman–Crippen MR) is 137 cm³/mol. The normalized spacial score (nSPS) is 18.5. The average molecular weight is 440 g/mol. The SMILES string of the molecule is [2H]C(C)(C)c1cc[n+](C)c(-c2c(C)ccc3c2oc2cc4c(cc23)C(C([2H])([2H])[2H])(C([2H])([2H])[2H])c2ccccc2-4)c1. The highest BCUT2D eigenvalue weighted by Gasteiger charge is 2.36. The molecular weight excluding hydrogens is 402 g/mol. The van der Waals surface area contributed by atoms with Crippen molar-refractivity contribution in [1.82, 2.24) is 0 Å². The Balaban J connectivity index is 1.72. The molecule has 0 atom stereocenters. The van der Waals surface area contributed by atoms with Crippen LogP contribution in [0.5, 0.6) is 0 Å². The lowest BCUT2D eigenvalue weighted by Crippen LogP contribution is -2.31. The summed E-state index contributed by atoms with van der Waals surface area (Å²) in [6, 6.07) is 18.3. The van der Waals surface area contributed by atoms with E-state index in [0.29, 0.717) is 33.2 Å². The third-order valence-corrected chi connectivity index (χ3v) is 7.00. The maximum atomic E-state index is 8.55. The number of aromatic nitrogens is 1. The molecule has 164 valence electrons. The fraction of sp³-hybridized carbons (Fsp3) is 0.258. The van der Waals surface area contributed by atoms with Gasteiger partial charge in [-0.3, -0.25) is 0 Å². The van der Waals surface area contributed by atoms with Crippen LogP contribution in [0.2, 0.25) is 0 Å². The van der Waals surface area contributed by atoms with Gasteiger partial charge >= 0.3 is 0 Å². The zero-order valence-corrected chi connectivity index (χ0v) is 19.2. The number of fused-ring (bicyclic) bond motifs is 6. The fourth-order valence-corrected chi connectivity index (χ4v) is 5.15. The van der Waals surface area contributed by atoms with Gasteiger partial charge in [-0.25, -0.2) is 4.57 Å². The van der Waals surface area contributed by atoms with Crippen LogP contribution >= 0.6 is 0 Å². The van der Waals surface area contributed by atoms with Crippen molar-refractivity contribution in [2.24, 2.45) is 7.05 Å². The van der Waals surface area contributed by atoms with Gasteiger partial charge in [0.1, 0.15) is 18.2 Å². The van der Waals surface area contributed by atoms with Crippen molar-refractivity contribution in [3.8, 4) is 22.4 Å². The topological polar surface area (TPSA) is 17.0 Å². The van der Waals surface area contributed by atoms with E-state index in [2.05, 4.69) is 0 Å². The van der Waals surface area contributed by atoms with Crippen LogP contribution < -0.4 is 4.57 Å². The number of hydrogen-bond acceptors (Lipinski definition) is 1. The van der Waals surface area contributed by atoms with Gasteiger partial charge in [-0.15, -0.1) is 0 Å². The van der Waals surface area contributed by atoms with Crippen molar-refractivity contribution < 1.29 is 18.6 Å². The fourth-order valence-electron chi connectivity index (χ4n) is 5.15. The molecule has 2 heteroatoms. The highest BCUT2D eigenvalue weighted by atomic mass is 16.3. The van der Waals surface area contributed by atoms with E-state index in [1.54, 1.807) is 36.4 Å². The second-order valence-corrected chi connectivity index (χ2v) is 9.34. The average Bonchev–Trinajstić information content (AvgIpc) is 3.35. The predicted octanol–water partition coefficient (Wildman–Crippen LogP) is 7.82. The van der Waals surface area contributed by atoms with Crippen LogP contribution in [0.25, 0.3) is 44.3 Å². The summed E-state index contributed by atoms with van der Waals surface area (Å²) in [5, 5.41) is 1.44. The van der Waals surface area contributed by atoms with Crippen molar-refractivity contribution in [2.75, 3.05) is 0 Å². The molecular formula is C31H30NO+. The van der Waals surface area contributed by atoms with E-state index in [1.807, 2.05) is 62.8 Å². The Bertz CT molecular complexity index is 1820. The molecule has 2 nitrogen and oxygen atoms in total. The molecule has 0 bridgehead atoms. The Kier molecular flexibility index (Phi) is 2.89. The van der Waals surface area contributed by atoms with Gasteiger partial charge in [0, 0.05) is 37.9 Å². The monoisotopic (exact) mass is 439 g/mol. The second-order valence-electron chi connectivity index (χ2n) is 9.34. The third kappa shape index (κ3) is 2.76. The second kappa shape index (κ2) is 6.81. The summed E-state index contributed by atoms with van der Waals surface area (Å²) >= 11 is 0. The minimum absolute atomic E-state index is 0.273. The van der Waals surface area contributed by atoms with Crippen molar-refractivity contribution in [3.05, 3.63) is 89.1 Å². The molecule has 0 spiro atoms. The van der Waals surface area contributed by atoms with Crippen molar-refractivity contribution >= 4 is 21.9 Å². The zero-order chi connectivity index (χ0) is 29.0. The minimum atomic E-state index is -2.83. The van der Waals surface area contributed by atoms with Gasteiger partial charge in [0.05, 0.1) is 5.56 Å². The number of pyridine rings is 1. The lowest BCUT2D eigenvalue weighted by atomic mass is 9.82. The molecule has 1 aliphatic rings. The van der Waals surface area contributed by atoms with Crippen LogP contribution in [0.15, 0.2) is 71.3 Å². The maximum absolute atomic E-state index is 8.55. The van der Waals surface area contributed by atoms with Gasteiger partial charge < -0.3 is 4.42 Å². The maximum Gasteiger partial charge on any atom is 0.216 e. The van der Waals surface area contributed by atoms with Gasteiger partial charge in [0.25, 0.3) is 0 Å². The summed E-state index contributed by atoms with van der Waals surface area (Å²) in [6.07, 6.45) is 1.94. The van der Waals surface area contributed by atoms with E-state index in [0.717, 1.165) is 27.8 Å². The van der Waals surface area contributed by atoms with Crippen LogP contribution in [0.3, 0.4) is 0 Å². The lowest BCUT2D eigenvalue weighted by Gasteiger charge is -2.21. The molecule has 0 radical (unpaired) electrons. The van der Waals surface area contributed by atoms with E-state index in [-0.39, 0.29) is 5.56 Å². The molecule has 2 heterocycles. The Morgan fingerprint density at radius 3 is 2.55 bits per heavy atom. The first kappa shape index (κ1) is 14.0.